The lowest BCUT2D eigenvalue weighted by Gasteiger charge is -2.11. The predicted octanol–water partition coefficient (Wildman–Crippen LogP) is 4.63. The number of benzene rings is 1. The molecule has 1 heterocycles. The highest BCUT2D eigenvalue weighted by atomic mass is 35.5. The Morgan fingerprint density at radius 1 is 1.35 bits per heavy atom. The van der Waals surface area contributed by atoms with Crippen LogP contribution in [0.4, 0.5) is 0 Å². The third-order valence-electron chi connectivity index (χ3n) is 2.97. The zero-order valence-electron chi connectivity index (χ0n) is 11.5. The summed E-state index contributed by atoms with van der Waals surface area (Å²) in [5.74, 6) is 0. The lowest BCUT2D eigenvalue weighted by Crippen LogP contribution is -2.12. The van der Waals surface area contributed by atoms with Gasteiger partial charge in [0.2, 0.25) is 0 Å². The summed E-state index contributed by atoms with van der Waals surface area (Å²) >= 11 is 6.03. The summed E-state index contributed by atoms with van der Waals surface area (Å²) in [5, 5.41) is 3.89. The molecular formula is C17H17ClN2. The van der Waals surface area contributed by atoms with E-state index in [-0.39, 0.29) is 0 Å². The van der Waals surface area contributed by atoms with E-state index in [0.29, 0.717) is 5.02 Å². The normalized spacial score (nSPS) is 10.1. The first-order valence-corrected chi connectivity index (χ1v) is 6.85. The monoisotopic (exact) mass is 284 g/mol. The van der Waals surface area contributed by atoms with Crippen molar-refractivity contribution in [3.05, 3.63) is 66.0 Å². The Kier molecular flexibility index (Phi) is 4.59. The molecule has 2 rings (SSSR count). The second-order valence-corrected chi connectivity index (χ2v) is 4.82. The molecule has 0 atom stereocenters. The molecule has 0 saturated heterocycles. The Hall–Kier alpha value is -2.06. The maximum absolute atomic E-state index is 6.03. The van der Waals surface area contributed by atoms with Gasteiger partial charge in [0.15, 0.2) is 0 Å². The first-order valence-electron chi connectivity index (χ1n) is 6.47. The Morgan fingerprint density at radius 3 is 2.80 bits per heavy atom. The highest BCUT2D eigenvalue weighted by Crippen LogP contribution is 2.25. The van der Waals surface area contributed by atoms with E-state index in [1.54, 1.807) is 6.08 Å². The van der Waals surface area contributed by atoms with Crippen LogP contribution in [0.2, 0.25) is 5.02 Å². The SMILES string of the molecule is C=Cc1cc(-c2cccc(Cl)c2)cnc1C(=C)NCC. The standard InChI is InChI=1S/C17H17ClN2/c1-4-13-9-15(14-7-6-8-16(18)10-14)11-20-17(13)12(3)19-5-2/h4,6-11,19H,1,3,5H2,2H3. The minimum Gasteiger partial charge on any atom is -0.384 e. The molecule has 0 radical (unpaired) electrons. The van der Waals surface area contributed by atoms with Crippen LogP contribution in [0.15, 0.2) is 49.7 Å². The van der Waals surface area contributed by atoms with E-state index >= 15 is 0 Å². The first kappa shape index (κ1) is 14.4. The van der Waals surface area contributed by atoms with Gasteiger partial charge in [0.1, 0.15) is 0 Å². The van der Waals surface area contributed by atoms with Crippen LogP contribution in [0, 0.1) is 0 Å². The van der Waals surface area contributed by atoms with Gasteiger partial charge in [-0.3, -0.25) is 4.98 Å². The van der Waals surface area contributed by atoms with E-state index in [4.69, 9.17) is 11.6 Å². The Bertz CT molecular complexity index is 647. The molecule has 0 saturated carbocycles. The number of nitrogens with one attached hydrogen (secondary N) is 1. The Labute approximate surface area is 124 Å². The summed E-state index contributed by atoms with van der Waals surface area (Å²) in [6.07, 6.45) is 3.62. The summed E-state index contributed by atoms with van der Waals surface area (Å²) in [7, 11) is 0. The Morgan fingerprint density at radius 2 is 2.15 bits per heavy atom. The third kappa shape index (κ3) is 3.09. The van der Waals surface area contributed by atoms with Gasteiger partial charge in [-0.05, 0) is 30.7 Å². The van der Waals surface area contributed by atoms with Crippen molar-refractivity contribution in [3.63, 3.8) is 0 Å². The quantitative estimate of drug-likeness (QED) is 0.866. The number of hydrogen-bond acceptors (Lipinski definition) is 2. The molecule has 2 aromatic rings. The van der Waals surface area contributed by atoms with Gasteiger partial charge < -0.3 is 5.32 Å². The van der Waals surface area contributed by atoms with Crippen LogP contribution < -0.4 is 5.32 Å². The van der Waals surface area contributed by atoms with Crippen molar-refractivity contribution < 1.29 is 0 Å². The number of halogens is 1. The van der Waals surface area contributed by atoms with Gasteiger partial charge in [0.25, 0.3) is 0 Å². The van der Waals surface area contributed by atoms with Gasteiger partial charge in [0, 0.05) is 28.9 Å². The molecule has 0 aliphatic carbocycles. The molecule has 0 aliphatic rings. The second-order valence-electron chi connectivity index (χ2n) is 4.39. The maximum atomic E-state index is 6.03. The summed E-state index contributed by atoms with van der Waals surface area (Å²) in [4.78, 5) is 4.50. The van der Waals surface area contributed by atoms with Gasteiger partial charge in [0.05, 0.1) is 11.4 Å². The van der Waals surface area contributed by atoms with Gasteiger partial charge in [-0.2, -0.15) is 0 Å². The molecule has 0 bridgehead atoms. The van der Waals surface area contributed by atoms with E-state index in [1.807, 2.05) is 43.5 Å². The molecule has 2 nitrogen and oxygen atoms in total. The number of rotatable bonds is 5. The van der Waals surface area contributed by atoms with E-state index in [9.17, 15) is 0 Å². The maximum Gasteiger partial charge on any atom is 0.0927 e. The molecule has 0 amide bonds. The zero-order chi connectivity index (χ0) is 14.5. The molecule has 0 fully saturated rings. The lowest BCUT2D eigenvalue weighted by molar-refractivity contribution is 0.933. The molecule has 102 valence electrons. The van der Waals surface area contributed by atoms with Crippen molar-refractivity contribution >= 4 is 23.4 Å². The largest absolute Gasteiger partial charge is 0.384 e. The van der Waals surface area contributed by atoms with Gasteiger partial charge in [-0.15, -0.1) is 0 Å². The van der Waals surface area contributed by atoms with E-state index in [1.165, 1.54) is 0 Å². The van der Waals surface area contributed by atoms with Crippen LogP contribution in [0.25, 0.3) is 22.9 Å². The van der Waals surface area contributed by atoms with Crippen LogP contribution in [0.3, 0.4) is 0 Å². The molecular weight excluding hydrogens is 268 g/mol. The molecule has 1 aromatic carbocycles. The van der Waals surface area contributed by atoms with E-state index < -0.39 is 0 Å². The average molecular weight is 285 g/mol. The van der Waals surface area contributed by atoms with Crippen molar-refractivity contribution in [2.75, 3.05) is 6.54 Å². The van der Waals surface area contributed by atoms with Crippen molar-refractivity contribution in [3.8, 4) is 11.1 Å². The van der Waals surface area contributed by atoms with Crippen molar-refractivity contribution in [2.24, 2.45) is 0 Å². The first-order chi connectivity index (χ1) is 9.65. The minimum absolute atomic E-state index is 0.712. The van der Waals surface area contributed by atoms with E-state index in [2.05, 4.69) is 23.5 Å². The van der Waals surface area contributed by atoms with Crippen molar-refractivity contribution in [1.29, 1.82) is 0 Å². The summed E-state index contributed by atoms with van der Waals surface area (Å²) < 4.78 is 0. The molecule has 0 aliphatic heterocycles. The average Bonchev–Trinajstić information content (AvgIpc) is 2.46. The molecule has 20 heavy (non-hydrogen) atoms. The van der Waals surface area contributed by atoms with E-state index in [0.717, 1.165) is 34.6 Å². The number of nitrogens with zero attached hydrogens (tertiary/aromatic N) is 1. The van der Waals surface area contributed by atoms with Crippen LogP contribution >= 0.6 is 11.6 Å². The highest BCUT2D eigenvalue weighted by Gasteiger charge is 2.07. The lowest BCUT2D eigenvalue weighted by atomic mass is 10.0. The second kappa shape index (κ2) is 6.40. The molecule has 3 heteroatoms. The third-order valence-corrected chi connectivity index (χ3v) is 3.21. The van der Waals surface area contributed by atoms with Crippen LogP contribution in [-0.4, -0.2) is 11.5 Å². The van der Waals surface area contributed by atoms with Crippen LogP contribution in [0.5, 0.6) is 0 Å². The van der Waals surface area contributed by atoms with Crippen LogP contribution in [-0.2, 0) is 0 Å². The fourth-order valence-corrected chi connectivity index (χ4v) is 2.20. The fraction of sp³-hybridized carbons (Fsp3) is 0.118. The van der Waals surface area contributed by atoms with Gasteiger partial charge >= 0.3 is 0 Å². The van der Waals surface area contributed by atoms with Crippen molar-refractivity contribution in [1.82, 2.24) is 10.3 Å². The minimum atomic E-state index is 0.712. The predicted molar refractivity (Wildman–Crippen MR) is 87.5 cm³/mol. The number of pyridine rings is 1. The smallest absolute Gasteiger partial charge is 0.0927 e. The molecule has 0 spiro atoms. The molecule has 1 N–H and O–H groups in total. The van der Waals surface area contributed by atoms with Gasteiger partial charge in [-0.25, -0.2) is 0 Å². The number of hydrogen-bond donors (Lipinski definition) is 1. The summed E-state index contributed by atoms with van der Waals surface area (Å²) in [6, 6.07) is 9.76. The molecule has 0 unspecified atom stereocenters. The zero-order valence-corrected chi connectivity index (χ0v) is 12.2. The van der Waals surface area contributed by atoms with Crippen molar-refractivity contribution in [2.45, 2.75) is 6.92 Å². The van der Waals surface area contributed by atoms with Gasteiger partial charge in [-0.1, -0.05) is 43.0 Å². The molecule has 1 aromatic heterocycles. The fourth-order valence-electron chi connectivity index (χ4n) is 2.01. The van der Waals surface area contributed by atoms with Crippen LogP contribution in [0.1, 0.15) is 18.2 Å². The highest BCUT2D eigenvalue weighted by molar-refractivity contribution is 6.30. The topological polar surface area (TPSA) is 24.9 Å². The Balaban J connectivity index is 2.44. The summed E-state index contributed by atoms with van der Waals surface area (Å²) in [5.41, 5.74) is 4.63. The number of aromatic nitrogens is 1. The summed E-state index contributed by atoms with van der Waals surface area (Å²) in [6.45, 7) is 10.7.